The molecule has 0 spiro atoms. The van der Waals surface area contributed by atoms with Crippen LogP contribution in [0.25, 0.3) is 0 Å². The zero-order valence-corrected chi connectivity index (χ0v) is 11.4. The standard InChI is InChI=1S/C11H20N4O2.ClH/c1-15(9-4-5-12-6-9)7-10(16)14-11(17)13-8-2-3-8;/h8-9,12H,2-7H2,1H3,(H2,13,14,16,17);1H. The van der Waals surface area contributed by atoms with Crippen molar-refractivity contribution in [3.05, 3.63) is 0 Å². The molecule has 2 fully saturated rings. The Labute approximate surface area is 113 Å². The molecule has 0 aromatic rings. The van der Waals surface area contributed by atoms with E-state index >= 15 is 0 Å². The molecule has 3 amide bonds. The first-order valence-electron chi connectivity index (χ1n) is 6.16. The molecule has 0 radical (unpaired) electrons. The largest absolute Gasteiger partial charge is 0.335 e. The summed E-state index contributed by atoms with van der Waals surface area (Å²) >= 11 is 0. The van der Waals surface area contributed by atoms with Gasteiger partial charge in [0, 0.05) is 18.6 Å². The van der Waals surface area contributed by atoms with Crippen molar-refractivity contribution in [2.24, 2.45) is 0 Å². The minimum Gasteiger partial charge on any atom is -0.335 e. The first-order chi connectivity index (χ1) is 8.15. The molecule has 6 nitrogen and oxygen atoms in total. The molecule has 0 aromatic carbocycles. The molecule has 104 valence electrons. The topological polar surface area (TPSA) is 73.5 Å². The molecule has 1 atom stereocenters. The van der Waals surface area contributed by atoms with Gasteiger partial charge in [0.1, 0.15) is 0 Å². The fourth-order valence-electron chi connectivity index (χ4n) is 1.99. The van der Waals surface area contributed by atoms with E-state index in [1.54, 1.807) is 0 Å². The van der Waals surface area contributed by atoms with Crippen LogP contribution in [0.3, 0.4) is 0 Å². The molecular formula is C11H21ClN4O2. The number of hydrogen-bond acceptors (Lipinski definition) is 4. The first kappa shape index (κ1) is 15.2. The molecule has 1 saturated carbocycles. The van der Waals surface area contributed by atoms with E-state index in [1.165, 1.54) is 0 Å². The monoisotopic (exact) mass is 276 g/mol. The Kier molecular flexibility index (Phi) is 5.84. The van der Waals surface area contributed by atoms with E-state index in [2.05, 4.69) is 16.0 Å². The van der Waals surface area contributed by atoms with Crippen LogP contribution in [0.1, 0.15) is 19.3 Å². The number of nitrogens with zero attached hydrogens (tertiary/aromatic N) is 1. The van der Waals surface area contributed by atoms with E-state index in [9.17, 15) is 9.59 Å². The SMILES string of the molecule is CN(CC(=O)NC(=O)NC1CC1)C1CCNC1.Cl. The summed E-state index contributed by atoms with van der Waals surface area (Å²) in [7, 11) is 1.91. The number of carbonyl (C=O) groups is 2. The Bertz CT molecular complexity index is 303. The predicted molar refractivity (Wildman–Crippen MR) is 70.8 cm³/mol. The Morgan fingerprint density at radius 3 is 2.61 bits per heavy atom. The smallest absolute Gasteiger partial charge is 0.321 e. The van der Waals surface area contributed by atoms with Crippen molar-refractivity contribution in [1.82, 2.24) is 20.9 Å². The molecule has 0 aromatic heterocycles. The fraction of sp³-hybridized carbons (Fsp3) is 0.818. The lowest BCUT2D eigenvalue weighted by Crippen LogP contribution is -2.46. The minimum absolute atomic E-state index is 0. The van der Waals surface area contributed by atoms with E-state index in [-0.39, 0.29) is 36.9 Å². The molecule has 0 bridgehead atoms. The number of halogens is 1. The predicted octanol–water partition coefficient (Wildman–Crippen LogP) is -0.310. The number of amides is 3. The average Bonchev–Trinajstić information content (AvgIpc) is 2.90. The third-order valence-electron chi connectivity index (χ3n) is 3.22. The van der Waals surface area contributed by atoms with Gasteiger partial charge in [0.25, 0.3) is 0 Å². The molecule has 2 aliphatic rings. The third kappa shape index (κ3) is 4.80. The van der Waals surface area contributed by atoms with Gasteiger partial charge in [-0.2, -0.15) is 0 Å². The lowest BCUT2D eigenvalue weighted by atomic mass is 10.2. The van der Waals surface area contributed by atoms with Crippen LogP contribution in [0.5, 0.6) is 0 Å². The van der Waals surface area contributed by atoms with Crippen LogP contribution < -0.4 is 16.0 Å². The van der Waals surface area contributed by atoms with E-state index in [1.807, 2.05) is 11.9 Å². The van der Waals surface area contributed by atoms with Crippen molar-refractivity contribution < 1.29 is 9.59 Å². The van der Waals surface area contributed by atoms with Crippen molar-refractivity contribution in [2.45, 2.75) is 31.3 Å². The summed E-state index contributed by atoms with van der Waals surface area (Å²) < 4.78 is 0. The zero-order chi connectivity index (χ0) is 12.3. The number of nitrogens with one attached hydrogen (secondary N) is 3. The highest BCUT2D eigenvalue weighted by molar-refractivity contribution is 5.95. The van der Waals surface area contributed by atoms with Gasteiger partial charge >= 0.3 is 6.03 Å². The highest BCUT2D eigenvalue weighted by Crippen LogP contribution is 2.18. The van der Waals surface area contributed by atoms with E-state index in [4.69, 9.17) is 0 Å². The number of rotatable bonds is 4. The molecule has 3 N–H and O–H groups in total. The van der Waals surface area contributed by atoms with Crippen LogP contribution in [0, 0.1) is 0 Å². The normalized spacial score (nSPS) is 22.4. The lowest BCUT2D eigenvalue weighted by Gasteiger charge is -2.22. The summed E-state index contributed by atoms with van der Waals surface area (Å²) in [6.45, 7) is 2.18. The van der Waals surface area contributed by atoms with Crippen molar-refractivity contribution in [3.63, 3.8) is 0 Å². The maximum absolute atomic E-state index is 11.6. The van der Waals surface area contributed by atoms with Crippen LogP contribution in [0.2, 0.25) is 0 Å². The second-order valence-electron chi connectivity index (χ2n) is 4.86. The minimum atomic E-state index is -0.365. The second kappa shape index (κ2) is 6.92. The Balaban J connectivity index is 0.00000162. The Morgan fingerprint density at radius 2 is 2.06 bits per heavy atom. The molecule has 18 heavy (non-hydrogen) atoms. The number of likely N-dealkylation sites (N-methyl/N-ethyl adjacent to an activating group) is 1. The summed E-state index contributed by atoms with van der Waals surface area (Å²) in [4.78, 5) is 24.9. The summed E-state index contributed by atoms with van der Waals surface area (Å²) in [6.07, 6.45) is 3.10. The van der Waals surface area contributed by atoms with Gasteiger partial charge in [0.2, 0.25) is 5.91 Å². The molecule has 1 unspecified atom stereocenters. The van der Waals surface area contributed by atoms with E-state index in [0.29, 0.717) is 6.04 Å². The molecule has 1 aliphatic carbocycles. The van der Waals surface area contributed by atoms with Gasteiger partial charge in [-0.15, -0.1) is 12.4 Å². The summed E-state index contributed by atoms with van der Waals surface area (Å²) in [5.41, 5.74) is 0. The summed E-state index contributed by atoms with van der Waals surface area (Å²) in [6, 6.07) is 0.308. The van der Waals surface area contributed by atoms with Crippen molar-refractivity contribution in [1.29, 1.82) is 0 Å². The van der Waals surface area contributed by atoms with Gasteiger partial charge in [-0.3, -0.25) is 15.0 Å². The van der Waals surface area contributed by atoms with Gasteiger partial charge < -0.3 is 10.6 Å². The maximum Gasteiger partial charge on any atom is 0.321 e. The first-order valence-corrected chi connectivity index (χ1v) is 6.16. The lowest BCUT2D eigenvalue weighted by molar-refractivity contribution is -0.121. The summed E-state index contributed by atoms with van der Waals surface area (Å²) in [5, 5.41) is 8.33. The number of imide groups is 1. The van der Waals surface area contributed by atoms with Crippen LogP contribution >= 0.6 is 12.4 Å². The highest BCUT2D eigenvalue weighted by atomic mass is 35.5. The molecule has 1 aliphatic heterocycles. The molecule has 1 heterocycles. The van der Waals surface area contributed by atoms with Gasteiger partial charge in [-0.1, -0.05) is 0 Å². The van der Waals surface area contributed by atoms with Crippen LogP contribution in [-0.2, 0) is 4.79 Å². The van der Waals surface area contributed by atoms with Crippen molar-refractivity contribution in [3.8, 4) is 0 Å². The van der Waals surface area contributed by atoms with Gasteiger partial charge in [0.15, 0.2) is 0 Å². The van der Waals surface area contributed by atoms with Crippen LogP contribution in [-0.4, -0.2) is 55.6 Å². The average molecular weight is 277 g/mol. The number of carbonyl (C=O) groups excluding carboxylic acids is 2. The van der Waals surface area contributed by atoms with Crippen molar-refractivity contribution in [2.75, 3.05) is 26.7 Å². The molecule has 2 rings (SSSR count). The van der Waals surface area contributed by atoms with E-state index < -0.39 is 0 Å². The number of hydrogen-bond donors (Lipinski definition) is 3. The molecular weight excluding hydrogens is 256 g/mol. The van der Waals surface area contributed by atoms with Crippen LogP contribution in [0.15, 0.2) is 0 Å². The van der Waals surface area contributed by atoms with Gasteiger partial charge in [-0.05, 0) is 32.9 Å². The van der Waals surface area contributed by atoms with Crippen LogP contribution in [0.4, 0.5) is 4.79 Å². The molecule has 1 saturated heterocycles. The highest BCUT2D eigenvalue weighted by Gasteiger charge is 2.25. The fourth-order valence-corrected chi connectivity index (χ4v) is 1.99. The third-order valence-corrected chi connectivity index (χ3v) is 3.22. The van der Waals surface area contributed by atoms with Crippen molar-refractivity contribution >= 4 is 24.3 Å². The Morgan fingerprint density at radius 1 is 1.33 bits per heavy atom. The quantitative estimate of drug-likeness (QED) is 0.659. The second-order valence-corrected chi connectivity index (χ2v) is 4.86. The summed E-state index contributed by atoms with van der Waals surface area (Å²) in [5.74, 6) is -0.238. The van der Waals surface area contributed by atoms with Gasteiger partial charge in [0.05, 0.1) is 6.54 Å². The Hall–Kier alpha value is -0.850. The van der Waals surface area contributed by atoms with E-state index in [0.717, 1.165) is 32.4 Å². The number of urea groups is 1. The zero-order valence-electron chi connectivity index (χ0n) is 10.6. The molecule has 7 heteroatoms. The van der Waals surface area contributed by atoms with Gasteiger partial charge in [-0.25, -0.2) is 4.79 Å². The maximum atomic E-state index is 11.6.